The summed E-state index contributed by atoms with van der Waals surface area (Å²) in [7, 11) is 0. The average molecular weight is 495 g/mol. The first-order valence-corrected chi connectivity index (χ1v) is 12.6. The Morgan fingerprint density at radius 2 is 1.46 bits per heavy atom. The van der Waals surface area contributed by atoms with Gasteiger partial charge in [0.2, 0.25) is 11.8 Å². The number of hydrogen-bond donors (Lipinski definition) is 1. The van der Waals surface area contributed by atoms with Crippen molar-refractivity contribution in [3.05, 3.63) is 96.1 Å². The van der Waals surface area contributed by atoms with E-state index in [4.69, 9.17) is 4.74 Å². The fourth-order valence-corrected chi connectivity index (χ4v) is 6.48. The number of ether oxygens (including phenoxy) is 1. The van der Waals surface area contributed by atoms with Crippen molar-refractivity contribution in [2.24, 2.45) is 23.7 Å². The summed E-state index contributed by atoms with van der Waals surface area (Å²) in [5.74, 6) is -1.23. The zero-order valence-corrected chi connectivity index (χ0v) is 20.1. The Morgan fingerprint density at radius 3 is 2.16 bits per heavy atom. The van der Waals surface area contributed by atoms with E-state index in [-0.39, 0.29) is 41.0 Å². The second-order valence-corrected chi connectivity index (χ2v) is 10.0. The number of carbonyl (C=O) groups excluding carboxylic acids is 4. The molecule has 0 aromatic heterocycles. The Hall–Kier alpha value is -4.26. The number of anilines is 2. The Labute approximate surface area is 214 Å². The largest absolute Gasteiger partial charge is 0.452 e. The Bertz CT molecular complexity index is 1360. The number of imide groups is 1. The van der Waals surface area contributed by atoms with Crippen molar-refractivity contribution in [1.29, 1.82) is 0 Å². The number of nitrogens with one attached hydrogen (secondary N) is 1. The van der Waals surface area contributed by atoms with Gasteiger partial charge in [-0.15, -0.1) is 0 Å². The fourth-order valence-electron chi connectivity index (χ4n) is 6.48. The molecular formula is C30H26N2O5. The van der Waals surface area contributed by atoms with E-state index in [0.29, 0.717) is 17.3 Å². The molecule has 3 amide bonds. The lowest BCUT2D eigenvalue weighted by Gasteiger charge is -2.28. The van der Waals surface area contributed by atoms with Crippen LogP contribution in [0.2, 0.25) is 0 Å². The van der Waals surface area contributed by atoms with Crippen LogP contribution < -0.4 is 10.2 Å². The minimum atomic E-state index is -0.658. The molecule has 3 aromatic carbocycles. The lowest BCUT2D eigenvalue weighted by Crippen LogP contribution is -2.33. The number of amides is 3. The number of para-hydroxylation sites is 1. The zero-order valence-electron chi connectivity index (χ0n) is 20.1. The second-order valence-electron chi connectivity index (χ2n) is 10.0. The summed E-state index contributed by atoms with van der Waals surface area (Å²) in [4.78, 5) is 52.6. The molecule has 6 rings (SSSR count). The monoisotopic (exact) mass is 494 g/mol. The van der Waals surface area contributed by atoms with Crippen LogP contribution in [0.1, 0.15) is 34.7 Å². The molecule has 2 aliphatic carbocycles. The van der Waals surface area contributed by atoms with Crippen molar-refractivity contribution in [3.63, 3.8) is 0 Å². The molecule has 7 nitrogen and oxygen atoms in total. The number of rotatable bonds is 6. The van der Waals surface area contributed by atoms with Crippen molar-refractivity contribution < 1.29 is 23.9 Å². The lowest BCUT2D eigenvalue weighted by atomic mass is 9.73. The lowest BCUT2D eigenvalue weighted by molar-refractivity contribution is -0.123. The van der Waals surface area contributed by atoms with Crippen molar-refractivity contribution >= 4 is 35.1 Å². The van der Waals surface area contributed by atoms with E-state index in [0.717, 1.165) is 12.8 Å². The van der Waals surface area contributed by atoms with Crippen LogP contribution >= 0.6 is 0 Å². The molecule has 0 spiro atoms. The first-order chi connectivity index (χ1) is 18.0. The number of fused-ring (bicyclic) bond motifs is 5. The van der Waals surface area contributed by atoms with E-state index in [2.05, 4.69) is 17.4 Å². The molecule has 3 fully saturated rings. The molecule has 1 saturated heterocycles. The summed E-state index contributed by atoms with van der Waals surface area (Å²) in [5.41, 5.74) is 2.55. The Kier molecular flexibility index (Phi) is 5.83. The van der Waals surface area contributed by atoms with Gasteiger partial charge < -0.3 is 10.1 Å². The Balaban J connectivity index is 1.11. The third-order valence-electron chi connectivity index (χ3n) is 8.00. The van der Waals surface area contributed by atoms with Gasteiger partial charge in [-0.1, -0.05) is 48.5 Å². The predicted molar refractivity (Wildman–Crippen MR) is 137 cm³/mol. The number of benzene rings is 3. The smallest absolute Gasteiger partial charge is 0.338 e. The molecule has 1 aliphatic heterocycles. The number of hydrogen-bond acceptors (Lipinski definition) is 5. The molecule has 186 valence electrons. The van der Waals surface area contributed by atoms with Crippen molar-refractivity contribution in [2.45, 2.75) is 18.8 Å². The maximum absolute atomic E-state index is 13.5. The van der Waals surface area contributed by atoms with Crippen LogP contribution in [0.25, 0.3) is 0 Å². The topological polar surface area (TPSA) is 92.8 Å². The quantitative estimate of drug-likeness (QED) is 0.405. The van der Waals surface area contributed by atoms with E-state index < -0.39 is 18.5 Å². The van der Waals surface area contributed by atoms with Crippen LogP contribution in [0.4, 0.5) is 11.4 Å². The van der Waals surface area contributed by atoms with Crippen molar-refractivity contribution in [3.8, 4) is 0 Å². The van der Waals surface area contributed by atoms with Gasteiger partial charge in [0.15, 0.2) is 6.61 Å². The highest BCUT2D eigenvalue weighted by molar-refractivity contribution is 6.22. The minimum Gasteiger partial charge on any atom is -0.452 e. The minimum absolute atomic E-state index is 0.137. The van der Waals surface area contributed by atoms with Gasteiger partial charge in [-0.3, -0.25) is 19.3 Å². The predicted octanol–water partition coefficient (Wildman–Crippen LogP) is 4.41. The second kappa shape index (κ2) is 9.32. The molecule has 1 N–H and O–H groups in total. The van der Waals surface area contributed by atoms with E-state index in [1.165, 1.54) is 22.6 Å². The van der Waals surface area contributed by atoms with Gasteiger partial charge in [0, 0.05) is 5.69 Å². The molecule has 2 bridgehead atoms. The van der Waals surface area contributed by atoms with Crippen LogP contribution in [0.5, 0.6) is 0 Å². The molecule has 7 heteroatoms. The van der Waals surface area contributed by atoms with Crippen LogP contribution in [0, 0.1) is 23.7 Å². The fraction of sp³-hybridized carbons (Fsp3) is 0.267. The summed E-state index contributed by atoms with van der Waals surface area (Å²) in [5, 5.41) is 2.65. The molecular weight excluding hydrogens is 468 g/mol. The third-order valence-corrected chi connectivity index (χ3v) is 8.00. The first-order valence-electron chi connectivity index (χ1n) is 12.6. The summed E-state index contributed by atoms with van der Waals surface area (Å²) in [6.45, 7) is -0.423. The summed E-state index contributed by atoms with van der Waals surface area (Å²) >= 11 is 0. The van der Waals surface area contributed by atoms with Crippen molar-refractivity contribution in [2.75, 3.05) is 16.8 Å². The maximum Gasteiger partial charge on any atom is 0.338 e. The van der Waals surface area contributed by atoms with Gasteiger partial charge in [-0.25, -0.2) is 4.79 Å². The van der Waals surface area contributed by atoms with Gasteiger partial charge in [0.05, 0.1) is 23.1 Å². The van der Waals surface area contributed by atoms with Crippen LogP contribution in [-0.2, 0) is 19.1 Å². The van der Waals surface area contributed by atoms with E-state index in [9.17, 15) is 19.2 Å². The van der Waals surface area contributed by atoms with Gasteiger partial charge in [-0.05, 0) is 72.6 Å². The summed E-state index contributed by atoms with van der Waals surface area (Å²) in [6.07, 6.45) is 1.86. The molecule has 0 radical (unpaired) electrons. The van der Waals surface area contributed by atoms with Gasteiger partial charge >= 0.3 is 5.97 Å². The number of esters is 1. The molecule has 3 aliphatic rings. The number of nitrogens with zero attached hydrogens (tertiary/aromatic N) is 1. The van der Waals surface area contributed by atoms with E-state index >= 15 is 0 Å². The molecule has 2 saturated carbocycles. The van der Waals surface area contributed by atoms with Crippen LogP contribution in [-0.4, -0.2) is 30.3 Å². The molecule has 0 unspecified atom stereocenters. The number of carbonyl (C=O) groups is 4. The highest BCUT2D eigenvalue weighted by Crippen LogP contribution is 2.61. The van der Waals surface area contributed by atoms with Crippen LogP contribution in [0.15, 0.2) is 84.9 Å². The van der Waals surface area contributed by atoms with E-state index in [1.54, 1.807) is 36.4 Å². The highest BCUT2D eigenvalue weighted by atomic mass is 16.5. The van der Waals surface area contributed by atoms with Gasteiger partial charge in [0.1, 0.15) is 0 Å². The van der Waals surface area contributed by atoms with Crippen molar-refractivity contribution in [1.82, 2.24) is 0 Å². The van der Waals surface area contributed by atoms with E-state index in [1.807, 2.05) is 24.3 Å². The third kappa shape index (κ3) is 4.10. The molecule has 37 heavy (non-hydrogen) atoms. The van der Waals surface area contributed by atoms with Gasteiger partial charge in [-0.2, -0.15) is 0 Å². The highest BCUT2D eigenvalue weighted by Gasteiger charge is 2.64. The Morgan fingerprint density at radius 1 is 0.811 bits per heavy atom. The van der Waals surface area contributed by atoms with Gasteiger partial charge in [0.25, 0.3) is 5.91 Å². The normalized spacial score (nSPS) is 25.7. The standard InChI is InChI=1S/C30H26N2O5/c33-25(31-21-9-5-2-6-10-21)17-37-30(36)19-11-13-22(14-12-19)32-28(34)26-20-15-23(18-7-3-1-4-8-18)24(16-20)27(26)29(32)35/h1-14,20,23-24,26-27H,15-17H2,(H,31,33)/t20-,23+,24+,26+,27+/m0/s1. The zero-order chi connectivity index (χ0) is 25.5. The molecule has 1 heterocycles. The molecule has 3 aromatic rings. The summed E-state index contributed by atoms with van der Waals surface area (Å²) < 4.78 is 5.12. The SMILES string of the molecule is O=C(COC(=O)c1ccc(N2C(=O)[C@@H]3[C@@H]4C[C@@H]([C@H]3C2=O)[C@@H](c2ccccc2)C4)cc1)Nc1ccccc1. The average Bonchev–Trinajstić information content (AvgIpc) is 3.60. The molecule has 5 atom stereocenters. The van der Waals surface area contributed by atoms with Crippen LogP contribution in [0.3, 0.4) is 0 Å². The first kappa shape index (κ1) is 23.2. The maximum atomic E-state index is 13.5. The summed E-state index contributed by atoms with van der Waals surface area (Å²) in [6, 6.07) is 25.4.